The van der Waals surface area contributed by atoms with E-state index in [9.17, 15) is 9.59 Å². The largest absolute Gasteiger partial charge is 0.366 e. The van der Waals surface area contributed by atoms with Crippen LogP contribution < -0.4 is 16.4 Å². The van der Waals surface area contributed by atoms with Crippen molar-refractivity contribution < 1.29 is 9.59 Å². The fourth-order valence-corrected chi connectivity index (χ4v) is 3.58. The second kappa shape index (κ2) is 7.78. The molecule has 2 aromatic heterocycles. The van der Waals surface area contributed by atoms with Crippen molar-refractivity contribution in [1.29, 1.82) is 0 Å². The van der Waals surface area contributed by atoms with Gasteiger partial charge in [0.25, 0.3) is 11.8 Å². The second-order valence-corrected chi connectivity index (χ2v) is 7.92. The standard InChI is InChI=1S/C22H26N6O2/c1-4-12(2)16-8-5-14(22(30)26-15-6-7-15)9-18(16)27-21-19-13(3)17(20(23)29)10-28(19)25-11-24-21/h5,8-12,15H,4,6-7H2,1-3H3,(H2,23,29)(H,26,30)(H,24,25,27). The van der Waals surface area contributed by atoms with Gasteiger partial charge in [0, 0.05) is 23.5 Å². The number of anilines is 2. The van der Waals surface area contributed by atoms with E-state index in [-0.39, 0.29) is 5.91 Å². The van der Waals surface area contributed by atoms with Crippen molar-refractivity contribution in [2.45, 2.75) is 52.0 Å². The average Bonchev–Trinajstić information content (AvgIpc) is 3.48. The zero-order chi connectivity index (χ0) is 21.4. The van der Waals surface area contributed by atoms with E-state index in [1.54, 1.807) is 10.7 Å². The van der Waals surface area contributed by atoms with E-state index in [1.165, 1.54) is 6.33 Å². The number of nitrogens with two attached hydrogens (primary N) is 1. The molecule has 1 aliphatic carbocycles. The van der Waals surface area contributed by atoms with Crippen LogP contribution in [0.1, 0.15) is 70.9 Å². The highest BCUT2D eigenvalue weighted by Crippen LogP contribution is 2.32. The smallest absolute Gasteiger partial charge is 0.251 e. The van der Waals surface area contributed by atoms with Crippen molar-refractivity contribution in [3.63, 3.8) is 0 Å². The molecule has 2 amide bonds. The Kier molecular flexibility index (Phi) is 5.15. The fraction of sp³-hybridized carbons (Fsp3) is 0.364. The molecule has 8 nitrogen and oxygen atoms in total. The van der Waals surface area contributed by atoms with E-state index in [1.807, 2.05) is 25.1 Å². The zero-order valence-corrected chi connectivity index (χ0v) is 17.4. The molecule has 0 spiro atoms. The number of benzene rings is 1. The van der Waals surface area contributed by atoms with Crippen molar-refractivity contribution in [3.05, 3.63) is 53.0 Å². The first kappa shape index (κ1) is 19.9. The third kappa shape index (κ3) is 3.72. The van der Waals surface area contributed by atoms with Gasteiger partial charge in [-0.05, 0) is 55.4 Å². The molecule has 4 N–H and O–H groups in total. The molecule has 1 aromatic carbocycles. The van der Waals surface area contributed by atoms with Crippen LogP contribution in [0, 0.1) is 6.92 Å². The van der Waals surface area contributed by atoms with Gasteiger partial charge in [0.15, 0.2) is 5.82 Å². The van der Waals surface area contributed by atoms with Gasteiger partial charge in [-0.2, -0.15) is 5.10 Å². The summed E-state index contributed by atoms with van der Waals surface area (Å²) in [6.45, 7) is 6.09. The van der Waals surface area contributed by atoms with Crippen LogP contribution in [0.3, 0.4) is 0 Å². The van der Waals surface area contributed by atoms with Gasteiger partial charge in [-0.15, -0.1) is 0 Å². The highest BCUT2D eigenvalue weighted by Gasteiger charge is 2.24. The first-order valence-corrected chi connectivity index (χ1v) is 10.2. The molecular weight excluding hydrogens is 380 g/mol. The fourth-order valence-electron chi connectivity index (χ4n) is 3.58. The van der Waals surface area contributed by atoms with Gasteiger partial charge in [-0.1, -0.05) is 19.9 Å². The maximum atomic E-state index is 12.6. The average molecular weight is 406 g/mol. The molecule has 1 unspecified atom stereocenters. The van der Waals surface area contributed by atoms with Gasteiger partial charge in [-0.3, -0.25) is 9.59 Å². The van der Waals surface area contributed by atoms with Crippen LogP contribution in [0.5, 0.6) is 0 Å². The molecule has 2 heterocycles. The van der Waals surface area contributed by atoms with E-state index in [2.05, 4.69) is 34.6 Å². The molecule has 3 aromatic rings. The Hall–Kier alpha value is -3.42. The van der Waals surface area contributed by atoms with Crippen LogP contribution in [-0.4, -0.2) is 32.5 Å². The monoisotopic (exact) mass is 406 g/mol. The SMILES string of the molecule is CCC(C)c1ccc(C(=O)NC2CC2)cc1Nc1ncnn2cc(C(N)=O)c(C)c12. The highest BCUT2D eigenvalue weighted by molar-refractivity contribution is 5.98. The normalized spacial score (nSPS) is 14.5. The Morgan fingerprint density at radius 1 is 1.33 bits per heavy atom. The molecule has 156 valence electrons. The van der Waals surface area contributed by atoms with Crippen LogP contribution in [0.15, 0.2) is 30.7 Å². The molecule has 1 aliphatic rings. The summed E-state index contributed by atoms with van der Waals surface area (Å²) in [5.41, 5.74) is 9.79. The van der Waals surface area contributed by atoms with Gasteiger partial charge < -0.3 is 16.4 Å². The molecule has 0 radical (unpaired) electrons. The molecule has 0 bridgehead atoms. The van der Waals surface area contributed by atoms with Crippen LogP contribution in [0.2, 0.25) is 0 Å². The Labute approximate surface area is 174 Å². The number of nitrogens with zero attached hydrogens (tertiary/aromatic N) is 3. The predicted molar refractivity (Wildman–Crippen MR) is 115 cm³/mol. The van der Waals surface area contributed by atoms with Crippen molar-refractivity contribution in [2.24, 2.45) is 5.73 Å². The Balaban J connectivity index is 1.77. The number of primary amides is 1. The number of nitrogens with one attached hydrogen (secondary N) is 2. The first-order chi connectivity index (χ1) is 14.4. The summed E-state index contributed by atoms with van der Waals surface area (Å²) in [7, 11) is 0. The summed E-state index contributed by atoms with van der Waals surface area (Å²) >= 11 is 0. The minimum Gasteiger partial charge on any atom is -0.366 e. The first-order valence-electron chi connectivity index (χ1n) is 10.2. The molecule has 1 saturated carbocycles. The van der Waals surface area contributed by atoms with Gasteiger partial charge in [0.1, 0.15) is 11.8 Å². The van der Waals surface area contributed by atoms with Gasteiger partial charge in [-0.25, -0.2) is 9.50 Å². The van der Waals surface area contributed by atoms with Crippen molar-refractivity contribution >= 4 is 28.8 Å². The van der Waals surface area contributed by atoms with E-state index in [0.29, 0.717) is 40.0 Å². The Bertz CT molecular complexity index is 1130. The summed E-state index contributed by atoms with van der Waals surface area (Å²) in [6, 6.07) is 6.02. The quantitative estimate of drug-likeness (QED) is 0.557. The molecular formula is C22H26N6O2. The summed E-state index contributed by atoms with van der Waals surface area (Å²) in [5, 5.41) is 10.6. The number of rotatable bonds is 7. The third-order valence-electron chi connectivity index (χ3n) is 5.72. The number of amides is 2. The number of hydrogen-bond donors (Lipinski definition) is 3. The number of aryl methyl sites for hydroxylation is 1. The minimum atomic E-state index is -0.511. The number of carbonyl (C=O) groups is 2. The number of hydrogen-bond acceptors (Lipinski definition) is 5. The summed E-state index contributed by atoms with van der Waals surface area (Å²) in [4.78, 5) is 28.7. The maximum Gasteiger partial charge on any atom is 0.251 e. The summed E-state index contributed by atoms with van der Waals surface area (Å²) < 4.78 is 1.59. The third-order valence-corrected chi connectivity index (χ3v) is 5.72. The predicted octanol–water partition coefficient (Wildman–Crippen LogP) is 3.29. The highest BCUT2D eigenvalue weighted by atomic mass is 16.2. The van der Waals surface area contributed by atoms with Gasteiger partial charge >= 0.3 is 0 Å². The molecule has 30 heavy (non-hydrogen) atoms. The second-order valence-electron chi connectivity index (χ2n) is 7.92. The molecule has 8 heteroatoms. The zero-order valence-electron chi connectivity index (χ0n) is 17.4. The van der Waals surface area contributed by atoms with E-state index < -0.39 is 5.91 Å². The lowest BCUT2D eigenvalue weighted by Crippen LogP contribution is -2.25. The van der Waals surface area contributed by atoms with Crippen molar-refractivity contribution in [1.82, 2.24) is 19.9 Å². The lowest BCUT2D eigenvalue weighted by molar-refractivity contribution is 0.0949. The van der Waals surface area contributed by atoms with E-state index in [4.69, 9.17) is 5.73 Å². The van der Waals surface area contributed by atoms with E-state index >= 15 is 0 Å². The molecule has 1 fully saturated rings. The van der Waals surface area contributed by atoms with Gasteiger partial charge in [0.05, 0.1) is 5.56 Å². The summed E-state index contributed by atoms with van der Waals surface area (Å²) in [5.74, 6) is 0.265. The van der Waals surface area contributed by atoms with Crippen molar-refractivity contribution in [2.75, 3.05) is 5.32 Å². The topological polar surface area (TPSA) is 114 Å². The number of fused-ring (bicyclic) bond motifs is 1. The Morgan fingerprint density at radius 2 is 2.10 bits per heavy atom. The number of aromatic nitrogens is 3. The minimum absolute atomic E-state index is 0.0704. The van der Waals surface area contributed by atoms with E-state index in [0.717, 1.165) is 30.5 Å². The van der Waals surface area contributed by atoms with Crippen LogP contribution >= 0.6 is 0 Å². The van der Waals surface area contributed by atoms with Crippen LogP contribution in [-0.2, 0) is 0 Å². The van der Waals surface area contributed by atoms with Crippen LogP contribution in [0.4, 0.5) is 11.5 Å². The summed E-state index contributed by atoms with van der Waals surface area (Å²) in [6.07, 6.45) is 6.06. The van der Waals surface area contributed by atoms with Crippen molar-refractivity contribution in [3.8, 4) is 0 Å². The number of carbonyl (C=O) groups excluding carboxylic acids is 2. The Morgan fingerprint density at radius 3 is 2.77 bits per heavy atom. The molecule has 0 aliphatic heterocycles. The molecule has 4 rings (SSSR count). The molecule has 0 saturated heterocycles. The lowest BCUT2D eigenvalue weighted by Gasteiger charge is -2.18. The molecule has 1 atom stereocenters. The van der Waals surface area contributed by atoms with Gasteiger partial charge in [0.2, 0.25) is 0 Å². The lowest BCUT2D eigenvalue weighted by atomic mass is 9.95. The maximum absolute atomic E-state index is 12.6. The van der Waals surface area contributed by atoms with Crippen LogP contribution in [0.25, 0.3) is 5.52 Å².